The van der Waals surface area contributed by atoms with Gasteiger partial charge in [-0.15, -0.1) is 11.8 Å². The number of ether oxygens (including phenoxy) is 1. The summed E-state index contributed by atoms with van der Waals surface area (Å²) in [6.07, 6.45) is 2.53. The van der Waals surface area contributed by atoms with Crippen LogP contribution < -0.4 is 15.0 Å². The molecule has 2 unspecified atom stereocenters. The Hall–Kier alpha value is -3.24. The van der Waals surface area contributed by atoms with E-state index in [0.29, 0.717) is 49.8 Å². The number of nitrogens with zero attached hydrogens (tertiary/aromatic N) is 4. The lowest BCUT2D eigenvalue weighted by atomic mass is 9.87. The fourth-order valence-corrected chi connectivity index (χ4v) is 8.27. The standard InChI is InChI=1S/C34H45N5O4S.H2/c1-24(2)12-15-39-32(42)29(44-33(39)25-8-4-6-10-27(25)37-20-18-36(3)19-21-37)22-31(41)38-16-13-34(14-17-38)23-30(40)35-26-9-5-7-11-28(26)43-34;/h4-11,24,29,33H,12-23H2,1-3H3,(H,35,40);1H. The lowest BCUT2D eigenvalue weighted by molar-refractivity contribution is -0.138. The minimum absolute atomic E-state index is 0. The van der Waals surface area contributed by atoms with Gasteiger partial charge in [0, 0.05) is 77.8 Å². The highest BCUT2D eigenvalue weighted by atomic mass is 32.2. The summed E-state index contributed by atoms with van der Waals surface area (Å²) >= 11 is 1.63. The van der Waals surface area contributed by atoms with Crippen LogP contribution >= 0.6 is 11.8 Å². The molecule has 0 radical (unpaired) electrons. The first-order valence-corrected chi connectivity index (χ1v) is 17.0. The number of amides is 3. The van der Waals surface area contributed by atoms with Crippen molar-refractivity contribution >= 4 is 40.9 Å². The number of likely N-dealkylation sites (tertiary alicyclic amines) is 1. The highest BCUT2D eigenvalue weighted by Crippen LogP contribution is 2.48. The Morgan fingerprint density at radius 1 is 1.02 bits per heavy atom. The van der Waals surface area contributed by atoms with Gasteiger partial charge in [-0.05, 0) is 37.6 Å². The summed E-state index contributed by atoms with van der Waals surface area (Å²) in [7, 11) is 2.16. The molecule has 4 aliphatic heterocycles. The summed E-state index contributed by atoms with van der Waals surface area (Å²) < 4.78 is 6.43. The number of rotatable bonds is 7. The van der Waals surface area contributed by atoms with Crippen LogP contribution in [0.25, 0.3) is 0 Å². The Kier molecular flexibility index (Phi) is 9.10. The molecule has 4 heterocycles. The number of hydrogen-bond donors (Lipinski definition) is 1. The van der Waals surface area contributed by atoms with Gasteiger partial charge in [0.05, 0.1) is 17.4 Å². The molecule has 0 aliphatic carbocycles. The number of fused-ring (bicyclic) bond motifs is 1. The van der Waals surface area contributed by atoms with Gasteiger partial charge in [-0.2, -0.15) is 0 Å². The van der Waals surface area contributed by atoms with Crippen molar-refractivity contribution in [1.82, 2.24) is 14.7 Å². The minimum atomic E-state index is -0.628. The molecule has 0 saturated carbocycles. The number of nitrogens with one attached hydrogen (secondary N) is 1. The molecule has 0 aromatic heterocycles. The zero-order chi connectivity index (χ0) is 30.8. The molecule has 2 aromatic carbocycles. The normalized spacial score (nSPS) is 23.9. The number of carbonyl (C=O) groups is 3. The van der Waals surface area contributed by atoms with Crippen LogP contribution in [0.4, 0.5) is 11.4 Å². The predicted molar refractivity (Wildman–Crippen MR) is 177 cm³/mol. The minimum Gasteiger partial charge on any atom is -0.484 e. The van der Waals surface area contributed by atoms with Crippen LogP contribution in [0.2, 0.25) is 0 Å². The predicted octanol–water partition coefficient (Wildman–Crippen LogP) is 4.85. The van der Waals surface area contributed by atoms with Crippen LogP contribution in [0.3, 0.4) is 0 Å². The zero-order valence-corrected chi connectivity index (χ0v) is 27.0. The number of anilines is 2. The second-order valence-corrected chi connectivity index (χ2v) is 14.4. The van der Waals surface area contributed by atoms with Gasteiger partial charge in [0.2, 0.25) is 17.7 Å². The summed E-state index contributed by atoms with van der Waals surface area (Å²) in [6.45, 7) is 10.0. The SMILES string of the molecule is CC(C)CCN1C(=O)C(CC(=O)N2CCC3(CC2)CC(=O)Nc2ccccc2O3)SC1c1ccccc1N1CCN(C)CC1.[HH]. The highest BCUT2D eigenvalue weighted by Gasteiger charge is 2.45. The number of piperidine rings is 1. The first kappa shape index (κ1) is 30.8. The average Bonchev–Trinajstić information content (AvgIpc) is 3.23. The van der Waals surface area contributed by atoms with Gasteiger partial charge < -0.3 is 29.7 Å². The van der Waals surface area contributed by atoms with Crippen molar-refractivity contribution in [3.63, 3.8) is 0 Å². The molecule has 238 valence electrons. The van der Waals surface area contributed by atoms with E-state index in [2.05, 4.69) is 60.3 Å². The van der Waals surface area contributed by atoms with E-state index in [4.69, 9.17) is 4.74 Å². The molecule has 2 aromatic rings. The fraction of sp³-hybridized carbons (Fsp3) is 0.559. The zero-order valence-electron chi connectivity index (χ0n) is 26.2. The summed E-state index contributed by atoms with van der Waals surface area (Å²) in [6, 6.07) is 16.0. The highest BCUT2D eigenvalue weighted by molar-refractivity contribution is 8.01. The second-order valence-electron chi connectivity index (χ2n) is 13.1. The van der Waals surface area contributed by atoms with E-state index in [1.165, 1.54) is 5.69 Å². The van der Waals surface area contributed by atoms with Crippen LogP contribution in [-0.4, -0.2) is 96.1 Å². The summed E-state index contributed by atoms with van der Waals surface area (Å²) in [5, 5.41) is 2.42. The van der Waals surface area contributed by atoms with Crippen LogP contribution in [0, 0.1) is 5.92 Å². The summed E-state index contributed by atoms with van der Waals surface area (Å²) in [5.41, 5.74) is 2.42. The number of carbonyl (C=O) groups excluding carboxylic acids is 3. The van der Waals surface area contributed by atoms with E-state index >= 15 is 0 Å². The van der Waals surface area contributed by atoms with Gasteiger partial charge in [0.25, 0.3) is 0 Å². The largest absolute Gasteiger partial charge is 0.484 e. The number of piperazine rings is 1. The van der Waals surface area contributed by atoms with Crippen molar-refractivity contribution in [2.24, 2.45) is 5.92 Å². The average molecular weight is 622 g/mol. The van der Waals surface area contributed by atoms with E-state index in [0.717, 1.165) is 38.2 Å². The molecule has 1 N–H and O–H groups in total. The van der Waals surface area contributed by atoms with E-state index in [-0.39, 0.29) is 37.4 Å². The van der Waals surface area contributed by atoms with E-state index in [1.807, 2.05) is 34.1 Å². The molecule has 6 rings (SSSR count). The molecule has 2 atom stereocenters. The van der Waals surface area contributed by atoms with E-state index < -0.39 is 10.9 Å². The number of benzene rings is 2. The Labute approximate surface area is 266 Å². The molecule has 3 fully saturated rings. The monoisotopic (exact) mass is 621 g/mol. The number of hydrogen-bond acceptors (Lipinski definition) is 7. The number of likely N-dealkylation sites (N-methyl/N-ethyl adjacent to an activating group) is 1. The second kappa shape index (κ2) is 13.0. The third-order valence-electron chi connectivity index (χ3n) is 9.49. The molecule has 0 bridgehead atoms. The lowest BCUT2D eigenvalue weighted by Crippen LogP contribution is -2.51. The Balaban J connectivity index is 0.00000400. The Morgan fingerprint density at radius 3 is 2.48 bits per heavy atom. The number of thioether (sulfide) groups is 1. The van der Waals surface area contributed by atoms with Crippen molar-refractivity contribution in [2.45, 2.75) is 62.2 Å². The molecule has 10 heteroatoms. The maximum absolute atomic E-state index is 13.9. The van der Waals surface area contributed by atoms with Crippen LogP contribution in [0.5, 0.6) is 5.75 Å². The molecule has 4 aliphatic rings. The number of para-hydroxylation sites is 3. The van der Waals surface area contributed by atoms with Crippen molar-refractivity contribution < 1.29 is 20.5 Å². The third-order valence-corrected chi connectivity index (χ3v) is 10.9. The Bertz CT molecular complexity index is 1380. The van der Waals surface area contributed by atoms with Crippen LogP contribution in [0.1, 0.15) is 58.3 Å². The molecule has 9 nitrogen and oxygen atoms in total. The van der Waals surface area contributed by atoms with Crippen molar-refractivity contribution in [1.29, 1.82) is 0 Å². The van der Waals surface area contributed by atoms with Crippen molar-refractivity contribution in [3.05, 3.63) is 54.1 Å². The molecular formula is C34H47N5O4S. The quantitative estimate of drug-likeness (QED) is 0.474. The van der Waals surface area contributed by atoms with Crippen LogP contribution in [-0.2, 0) is 14.4 Å². The topological polar surface area (TPSA) is 85.4 Å². The summed E-state index contributed by atoms with van der Waals surface area (Å²) in [4.78, 5) is 49.0. The lowest BCUT2D eigenvalue weighted by Gasteiger charge is -2.40. The van der Waals surface area contributed by atoms with Gasteiger partial charge in [-0.1, -0.05) is 44.2 Å². The third kappa shape index (κ3) is 6.56. The molecule has 3 saturated heterocycles. The molecular weight excluding hydrogens is 574 g/mol. The maximum atomic E-state index is 13.9. The smallest absolute Gasteiger partial charge is 0.237 e. The molecule has 1 spiro atoms. The maximum Gasteiger partial charge on any atom is 0.237 e. The van der Waals surface area contributed by atoms with Crippen molar-refractivity contribution in [2.75, 3.05) is 63.1 Å². The first-order valence-electron chi connectivity index (χ1n) is 16.1. The van der Waals surface area contributed by atoms with Gasteiger partial charge in [0.1, 0.15) is 16.7 Å². The first-order chi connectivity index (χ1) is 21.2. The van der Waals surface area contributed by atoms with E-state index in [1.54, 1.807) is 11.8 Å². The Morgan fingerprint density at radius 2 is 1.73 bits per heavy atom. The molecule has 3 amide bonds. The van der Waals surface area contributed by atoms with Gasteiger partial charge in [-0.3, -0.25) is 14.4 Å². The van der Waals surface area contributed by atoms with Gasteiger partial charge in [0.15, 0.2) is 0 Å². The van der Waals surface area contributed by atoms with Gasteiger partial charge >= 0.3 is 0 Å². The van der Waals surface area contributed by atoms with Crippen LogP contribution in [0.15, 0.2) is 48.5 Å². The van der Waals surface area contributed by atoms with Gasteiger partial charge in [-0.25, -0.2) is 0 Å². The van der Waals surface area contributed by atoms with Crippen molar-refractivity contribution in [3.8, 4) is 5.75 Å². The van der Waals surface area contributed by atoms with E-state index in [9.17, 15) is 14.4 Å². The fourth-order valence-electron chi connectivity index (χ4n) is 6.77. The molecule has 44 heavy (non-hydrogen) atoms. The summed E-state index contributed by atoms with van der Waals surface area (Å²) in [5.74, 6) is 1.16.